The molecule has 7 heteroatoms. The van der Waals surface area contributed by atoms with E-state index in [1.807, 2.05) is 13.8 Å². The van der Waals surface area contributed by atoms with E-state index in [4.69, 9.17) is 0 Å². The van der Waals surface area contributed by atoms with Gasteiger partial charge in [0.2, 0.25) is 5.91 Å². The topological polar surface area (TPSA) is 99.6 Å². The van der Waals surface area contributed by atoms with Gasteiger partial charge in [0.25, 0.3) is 5.91 Å². The van der Waals surface area contributed by atoms with Crippen LogP contribution in [0, 0.1) is 5.92 Å². The lowest BCUT2D eigenvalue weighted by Crippen LogP contribution is -2.31. The zero-order chi connectivity index (χ0) is 21.1. The first kappa shape index (κ1) is 20.3. The summed E-state index contributed by atoms with van der Waals surface area (Å²) in [6, 6.07) is 9.39. The number of benzene rings is 1. The maximum Gasteiger partial charge on any atom is 0.294 e. The summed E-state index contributed by atoms with van der Waals surface area (Å²) in [4.78, 5) is 42.8. The van der Waals surface area contributed by atoms with Crippen molar-refractivity contribution in [1.29, 1.82) is 0 Å². The number of amides is 2. The normalized spacial score (nSPS) is 16.5. The fourth-order valence-corrected chi connectivity index (χ4v) is 3.43. The smallest absolute Gasteiger partial charge is 0.294 e. The third-order valence-corrected chi connectivity index (χ3v) is 4.55. The lowest BCUT2D eigenvalue weighted by Gasteiger charge is -2.27. The molecule has 29 heavy (non-hydrogen) atoms. The molecule has 0 spiro atoms. The average molecular weight is 393 g/mol. The number of anilines is 2. The van der Waals surface area contributed by atoms with Crippen LogP contribution in [0.1, 0.15) is 38.8 Å². The molecule has 1 aromatic carbocycles. The molecule has 0 fully saturated rings. The molecular weight excluding hydrogens is 370 g/mol. The number of hydrogen-bond donors (Lipinski definition) is 2. The number of hydrogen-bond acceptors (Lipinski definition) is 5. The highest BCUT2D eigenvalue weighted by Gasteiger charge is 2.44. The molecule has 0 bridgehead atoms. The van der Waals surface area contributed by atoms with Gasteiger partial charge in [-0.1, -0.05) is 26.0 Å². The van der Waals surface area contributed by atoms with Crippen LogP contribution in [0.15, 0.2) is 60.1 Å². The van der Waals surface area contributed by atoms with Crippen LogP contribution in [-0.2, 0) is 14.4 Å². The van der Waals surface area contributed by atoms with Crippen molar-refractivity contribution in [1.82, 2.24) is 4.98 Å². The summed E-state index contributed by atoms with van der Waals surface area (Å²) in [5, 5.41) is 13.3. The van der Waals surface area contributed by atoms with Crippen LogP contribution in [-0.4, -0.2) is 27.7 Å². The van der Waals surface area contributed by atoms with E-state index in [2.05, 4.69) is 10.3 Å². The van der Waals surface area contributed by atoms with Gasteiger partial charge in [-0.3, -0.25) is 24.3 Å². The fraction of sp³-hybridized carbons (Fsp3) is 0.273. The van der Waals surface area contributed by atoms with E-state index in [1.165, 1.54) is 11.8 Å². The summed E-state index contributed by atoms with van der Waals surface area (Å²) >= 11 is 0. The van der Waals surface area contributed by atoms with Crippen molar-refractivity contribution in [2.75, 3.05) is 10.2 Å². The van der Waals surface area contributed by atoms with E-state index in [0.29, 0.717) is 16.9 Å². The summed E-state index contributed by atoms with van der Waals surface area (Å²) in [6.07, 6.45) is 3.38. The highest BCUT2D eigenvalue weighted by Crippen LogP contribution is 2.41. The molecular formula is C22H23N3O4. The largest absolute Gasteiger partial charge is 0.503 e. The molecule has 1 atom stereocenters. The van der Waals surface area contributed by atoms with Gasteiger partial charge in [0.05, 0.1) is 11.6 Å². The summed E-state index contributed by atoms with van der Waals surface area (Å²) < 4.78 is 0. The second kappa shape index (κ2) is 8.26. The average Bonchev–Trinajstić information content (AvgIpc) is 2.93. The van der Waals surface area contributed by atoms with Crippen LogP contribution >= 0.6 is 0 Å². The Kier molecular flexibility index (Phi) is 5.77. The molecule has 0 aliphatic carbocycles. The molecule has 0 saturated heterocycles. The number of aromatic nitrogens is 1. The summed E-state index contributed by atoms with van der Waals surface area (Å²) in [5.74, 6) is -1.65. The van der Waals surface area contributed by atoms with Crippen LogP contribution in [0.25, 0.3) is 0 Å². The van der Waals surface area contributed by atoms with Gasteiger partial charge < -0.3 is 10.4 Å². The number of rotatable bonds is 6. The number of nitrogens with zero attached hydrogens (tertiary/aromatic N) is 2. The highest BCUT2D eigenvalue weighted by molar-refractivity contribution is 6.16. The Labute approximate surface area is 169 Å². The maximum absolute atomic E-state index is 13.0. The molecule has 0 radical (unpaired) electrons. The molecule has 7 nitrogen and oxygen atoms in total. The summed E-state index contributed by atoms with van der Waals surface area (Å²) in [6.45, 7) is 5.20. The molecule has 0 saturated carbocycles. The van der Waals surface area contributed by atoms with E-state index < -0.39 is 17.7 Å². The number of pyridine rings is 1. The molecule has 2 N–H and O–H groups in total. The van der Waals surface area contributed by atoms with Gasteiger partial charge in [-0.05, 0) is 35.7 Å². The minimum absolute atomic E-state index is 0.0710. The number of carbonyl (C=O) groups excluding carboxylic acids is 3. The first-order valence-corrected chi connectivity index (χ1v) is 9.37. The Morgan fingerprint density at radius 2 is 2.00 bits per heavy atom. The maximum atomic E-state index is 13.0. The zero-order valence-electron chi connectivity index (χ0n) is 16.5. The quantitative estimate of drug-likeness (QED) is 0.782. The molecule has 2 aromatic rings. The second-order valence-corrected chi connectivity index (χ2v) is 7.38. The van der Waals surface area contributed by atoms with Crippen molar-refractivity contribution in [3.05, 3.63) is 65.7 Å². The standard InChI is InChI=1S/C22H23N3O4/c1-13(2)10-18(27)19-20(15-6-5-9-23-12-15)25(22(29)21(19)28)17-8-4-7-16(11-17)24-14(3)26/h4-9,11-13,20,28H,10H2,1-3H3,(H,24,26). The lowest BCUT2D eigenvalue weighted by atomic mass is 9.93. The van der Waals surface area contributed by atoms with Gasteiger partial charge in [-0.2, -0.15) is 0 Å². The molecule has 150 valence electrons. The number of ketones is 1. The highest BCUT2D eigenvalue weighted by atomic mass is 16.3. The first-order valence-electron chi connectivity index (χ1n) is 9.37. The Morgan fingerprint density at radius 1 is 1.24 bits per heavy atom. The second-order valence-electron chi connectivity index (χ2n) is 7.38. The van der Waals surface area contributed by atoms with Crippen molar-refractivity contribution >= 4 is 29.0 Å². The van der Waals surface area contributed by atoms with Crippen molar-refractivity contribution in [2.45, 2.75) is 33.2 Å². The molecule has 3 rings (SSSR count). The Morgan fingerprint density at radius 3 is 2.62 bits per heavy atom. The van der Waals surface area contributed by atoms with E-state index in [1.54, 1.807) is 48.8 Å². The van der Waals surface area contributed by atoms with E-state index in [9.17, 15) is 19.5 Å². The van der Waals surface area contributed by atoms with Gasteiger partial charge >= 0.3 is 0 Å². The monoisotopic (exact) mass is 393 g/mol. The number of aliphatic hydroxyl groups excluding tert-OH is 1. The minimum atomic E-state index is -0.796. The Hall–Kier alpha value is -3.48. The van der Waals surface area contributed by atoms with Gasteiger partial charge in [0.1, 0.15) is 0 Å². The van der Waals surface area contributed by atoms with Crippen molar-refractivity contribution in [2.24, 2.45) is 5.92 Å². The fourth-order valence-electron chi connectivity index (χ4n) is 3.43. The van der Waals surface area contributed by atoms with Gasteiger partial charge in [-0.25, -0.2) is 0 Å². The van der Waals surface area contributed by atoms with Gasteiger partial charge in [0, 0.05) is 37.1 Å². The predicted molar refractivity (Wildman–Crippen MR) is 109 cm³/mol. The van der Waals surface area contributed by atoms with Gasteiger partial charge in [-0.15, -0.1) is 0 Å². The Bertz CT molecular complexity index is 983. The van der Waals surface area contributed by atoms with E-state index >= 15 is 0 Å². The molecule has 1 aliphatic rings. The molecule has 2 amide bonds. The molecule has 2 heterocycles. The zero-order valence-corrected chi connectivity index (χ0v) is 16.5. The predicted octanol–water partition coefficient (Wildman–Crippen LogP) is 3.56. The molecule has 1 aromatic heterocycles. The number of aliphatic hydroxyl groups is 1. The first-order chi connectivity index (χ1) is 13.8. The summed E-state index contributed by atoms with van der Waals surface area (Å²) in [5.41, 5.74) is 1.65. The minimum Gasteiger partial charge on any atom is -0.503 e. The third-order valence-electron chi connectivity index (χ3n) is 4.55. The van der Waals surface area contributed by atoms with Crippen LogP contribution < -0.4 is 10.2 Å². The number of nitrogens with one attached hydrogen (secondary N) is 1. The van der Waals surface area contributed by atoms with Crippen molar-refractivity contribution < 1.29 is 19.5 Å². The lowest BCUT2D eigenvalue weighted by molar-refractivity contribution is -0.118. The van der Waals surface area contributed by atoms with Crippen LogP contribution in [0.3, 0.4) is 0 Å². The number of Topliss-reactive ketones (excluding diaryl/α,β-unsaturated/α-hetero) is 1. The SMILES string of the molecule is CC(=O)Nc1cccc(N2C(=O)C(O)=C(C(=O)CC(C)C)C2c2cccnc2)c1. The van der Waals surface area contributed by atoms with Crippen LogP contribution in [0.4, 0.5) is 11.4 Å². The summed E-state index contributed by atoms with van der Waals surface area (Å²) in [7, 11) is 0. The van der Waals surface area contributed by atoms with Crippen LogP contribution in [0.5, 0.6) is 0 Å². The van der Waals surface area contributed by atoms with E-state index in [-0.39, 0.29) is 29.6 Å². The van der Waals surface area contributed by atoms with Crippen LogP contribution in [0.2, 0.25) is 0 Å². The molecule has 1 aliphatic heterocycles. The van der Waals surface area contributed by atoms with Gasteiger partial charge in [0.15, 0.2) is 11.5 Å². The Balaban J connectivity index is 2.11. The van der Waals surface area contributed by atoms with Crippen molar-refractivity contribution in [3.8, 4) is 0 Å². The number of carbonyl (C=O) groups is 3. The van der Waals surface area contributed by atoms with Crippen molar-refractivity contribution in [3.63, 3.8) is 0 Å². The van der Waals surface area contributed by atoms with E-state index in [0.717, 1.165) is 0 Å². The third kappa shape index (κ3) is 4.18. The molecule has 1 unspecified atom stereocenters.